The fourth-order valence-corrected chi connectivity index (χ4v) is 2.72. The molecule has 8 heteroatoms. The summed E-state index contributed by atoms with van der Waals surface area (Å²) >= 11 is 0. The minimum absolute atomic E-state index is 0.00442. The quantitative estimate of drug-likeness (QED) is 0.670. The molecular weight excluding hydrogens is 278 g/mol. The third kappa shape index (κ3) is 2.98. The number of nitrogens with zero attached hydrogens (tertiary/aromatic N) is 2. The molecule has 21 heavy (non-hydrogen) atoms. The van der Waals surface area contributed by atoms with E-state index >= 15 is 0 Å². The van der Waals surface area contributed by atoms with Crippen molar-refractivity contribution in [1.82, 2.24) is 15.1 Å². The SMILES string of the molecule is CC(C)N1CC(C(=O)N2CC(=O)NCC2C(=O)O)CC1=O. The molecule has 2 N–H and O–H groups in total. The average Bonchev–Trinajstić information content (AvgIpc) is 2.79. The van der Waals surface area contributed by atoms with Gasteiger partial charge in [0.25, 0.3) is 0 Å². The highest BCUT2D eigenvalue weighted by molar-refractivity contribution is 5.95. The van der Waals surface area contributed by atoms with Crippen LogP contribution in [-0.4, -0.2) is 70.3 Å². The van der Waals surface area contributed by atoms with Crippen LogP contribution >= 0.6 is 0 Å². The van der Waals surface area contributed by atoms with Gasteiger partial charge >= 0.3 is 5.97 Å². The number of carbonyl (C=O) groups excluding carboxylic acids is 3. The molecule has 0 aromatic rings. The van der Waals surface area contributed by atoms with E-state index in [1.165, 1.54) is 0 Å². The molecule has 2 aliphatic rings. The van der Waals surface area contributed by atoms with E-state index in [-0.39, 0.29) is 43.9 Å². The molecule has 0 aliphatic carbocycles. The summed E-state index contributed by atoms with van der Waals surface area (Å²) in [5.41, 5.74) is 0. The first kappa shape index (κ1) is 15.3. The van der Waals surface area contributed by atoms with Gasteiger partial charge in [-0.1, -0.05) is 0 Å². The van der Waals surface area contributed by atoms with Crippen molar-refractivity contribution >= 4 is 23.7 Å². The number of carboxylic acids is 1. The summed E-state index contributed by atoms with van der Waals surface area (Å²) in [4.78, 5) is 49.6. The standard InChI is InChI=1S/C13H19N3O5/c1-7(2)15-5-8(3-11(15)18)12(19)16-6-10(17)14-4-9(16)13(20)21/h7-9H,3-6H2,1-2H3,(H,14,17)(H,20,21). The first-order valence-corrected chi connectivity index (χ1v) is 6.90. The molecule has 2 unspecified atom stereocenters. The van der Waals surface area contributed by atoms with Gasteiger partial charge in [0.1, 0.15) is 12.6 Å². The highest BCUT2D eigenvalue weighted by Gasteiger charge is 2.42. The maximum absolute atomic E-state index is 12.5. The van der Waals surface area contributed by atoms with Gasteiger partial charge in [0.05, 0.1) is 5.92 Å². The molecule has 2 aliphatic heterocycles. The van der Waals surface area contributed by atoms with Gasteiger partial charge in [0.2, 0.25) is 17.7 Å². The number of carboxylic acid groups (broad SMARTS) is 1. The number of piperazine rings is 1. The van der Waals surface area contributed by atoms with Gasteiger partial charge in [0.15, 0.2) is 0 Å². The second kappa shape index (κ2) is 5.71. The van der Waals surface area contributed by atoms with Gasteiger partial charge in [-0.15, -0.1) is 0 Å². The van der Waals surface area contributed by atoms with Crippen molar-refractivity contribution in [3.05, 3.63) is 0 Å². The van der Waals surface area contributed by atoms with Crippen LogP contribution in [0.1, 0.15) is 20.3 Å². The van der Waals surface area contributed by atoms with Crippen LogP contribution in [0.5, 0.6) is 0 Å². The van der Waals surface area contributed by atoms with E-state index in [2.05, 4.69) is 5.32 Å². The van der Waals surface area contributed by atoms with E-state index < -0.39 is 23.8 Å². The van der Waals surface area contributed by atoms with Crippen LogP contribution < -0.4 is 5.32 Å². The second-order valence-corrected chi connectivity index (χ2v) is 5.67. The maximum atomic E-state index is 12.5. The zero-order valence-corrected chi connectivity index (χ0v) is 12.0. The number of aliphatic carboxylic acids is 1. The van der Waals surface area contributed by atoms with Crippen LogP contribution in [0.3, 0.4) is 0 Å². The molecule has 0 aromatic heterocycles. The zero-order valence-electron chi connectivity index (χ0n) is 12.0. The van der Waals surface area contributed by atoms with Gasteiger partial charge in [-0.2, -0.15) is 0 Å². The molecule has 0 saturated carbocycles. The van der Waals surface area contributed by atoms with Crippen molar-refractivity contribution in [3.8, 4) is 0 Å². The average molecular weight is 297 g/mol. The van der Waals surface area contributed by atoms with Gasteiger partial charge in [-0.25, -0.2) is 4.79 Å². The largest absolute Gasteiger partial charge is 0.480 e. The predicted molar refractivity (Wildman–Crippen MR) is 71.1 cm³/mol. The van der Waals surface area contributed by atoms with Crippen molar-refractivity contribution in [2.45, 2.75) is 32.4 Å². The number of nitrogens with one attached hydrogen (secondary N) is 1. The van der Waals surface area contributed by atoms with Crippen molar-refractivity contribution in [1.29, 1.82) is 0 Å². The van der Waals surface area contributed by atoms with Crippen LogP contribution in [0.25, 0.3) is 0 Å². The number of likely N-dealkylation sites (tertiary alicyclic amines) is 1. The zero-order chi connectivity index (χ0) is 15.7. The first-order chi connectivity index (χ1) is 9.81. The number of rotatable bonds is 3. The predicted octanol–water partition coefficient (Wildman–Crippen LogP) is -1.35. The lowest BCUT2D eigenvalue weighted by atomic mass is 10.0. The number of amides is 3. The van der Waals surface area contributed by atoms with Crippen LogP contribution in [0, 0.1) is 5.92 Å². The fourth-order valence-electron chi connectivity index (χ4n) is 2.72. The van der Waals surface area contributed by atoms with Gasteiger partial charge < -0.3 is 20.2 Å². The summed E-state index contributed by atoms with van der Waals surface area (Å²) in [5.74, 6) is -2.67. The van der Waals surface area contributed by atoms with E-state index in [4.69, 9.17) is 5.11 Å². The lowest BCUT2D eigenvalue weighted by Gasteiger charge is -2.34. The molecule has 0 aromatic carbocycles. The fraction of sp³-hybridized carbons (Fsp3) is 0.692. The Morgan fingerprint density at radius 2 is 2.00 bits per heavy atom. The minimum atomic E-state index is -1.16. The molecule has 116 valence electrons. The molecule has 2 fully saturated rings. The lowest BCUT2D eigenvalue weighted by molar-refractivity contribution is -0.155. The molecule has 3 amide bonds. The van der Waals surface area contributed by atoms with E-state index in [0.717, 1.165) is 4.90 Å². The van der Waals surface area contributed by atoms with Crippen LogP contribution in [0.15, 0.2) is 0 Å². The molecule has 2 atom stereocenters. The third-order valence-corrected chi connectivity index (χ3v) is 3.88. The molecule has 2 rings (SSSR count). The molecule has 0 radical (unpaired) electrons. The maximum Gasteiger partial charge on any atom is 0.328 e. The normalized spacial score (nSPS) is 26.2. The van der Waals surface area contributed by atoms with Crippen molar-refractivity contribution < 1.29 is 24.3 Å². The number of carbonyl (C=O) groups is 4. The topological polar surface area (TPSA) is 107 Å². The Balaban J connectivity index is 2.12. The van der Waals surface area contributed by atoms with Gasteiger partial charge in [-0.3, -0.25) is 14.4 Å². The summed E-state index contributed by atoms with van der Waals surface area (Å²) in [7, 11) is 0. The van der Waals surface area contributed by atoms with E-state index in [0.29, 0.717) is 0 Å². The third-order valence-electron chi connectivity index (χ3n) is 3.88. The number of hydrogen-bond donors (Lipinski definition) is 2. The van der Waals surface area contributed by atoms with E-state index in [1.807, 2.05) is 13.8 Å². The monoisotopic (exact) mass is 297 g/mol. The molecule has 2 heterocycles. The summed E-state index contributed by atoms with van der Waals surface area (Å²) < 4.78 is 0. The molecule has 0 bridgehead atoms. The summed E-state index contributed by atoms with van der Waals surface area (Å²) in [5, 5.41) is 11.6. The van der Waals surface area contributed by atoms with Crippen LogP contribution in [0.2, 0.25) is 0 Å². The first-order valence-electron chi connectivity index (χ1n) is 6.90. The summed E-state index contributed by atoms with van der Waals surface area (Å²) in [6.07, 6.45) is 0.0709. The Kier molecular flexibility index (Phi) is 4.15. The Morgan fingerprint density at radius 3 is 2.52 bits per heavy atom. The highest BCUT2D eigenvalue weighted by atomic mass is 16.4. The lowest BCUT2D eigenvalue weighted by Crippen LogP contribution is -2.60. The molecule has 2 saturated heterocycles. The minimum Gasteiger partial charge on any atom is -0.480 e. The summed E-state index contributed by atoms with van der Waals surface area (Å²) in [6.45, 7) is 3.62. The number of hydrogen-bond acceptors (Lipinski definition) is 4. The summed E-state index contributed by atoms with van der Waals surface area (Å²) in [6, 6.07) is -1.08. The van der Waals surface area contributed by atoms with Gasteiger partial charge in [0, 0.05) is 25.6 Å². The Labute approximate surface area is 122 Å². The van der Waals surface area contributed by atoms with Gasteiger partial charge in [-0.05, 0) is 13.8 Å². The highest BCUT2D eigenvalue weighted by Crippen LogP contribution is 2.23. The smallest absolute Gasteiger partial charge is 0.328 e. The molecular formula is C13H19N3O5. The van der Waals surface area contributed by atoms with Crippen molar-refractivity contribution in [3.63, 3.8) is 0 Å². The Hall–Kier alpha value is -2.12. The van der Waals surface area contributed by atoms with Crippen molar-refractivity contribution in [2.75, 3.05) is 19.6 Å². The second-order valence-electron chi connectivity index (χ2n) is 5.67. The molecule has 8 nitrogen and oxygen atoms in total. The van der Waals surface area contributed by atoms with Crippen LogP contribution in [-0.2, 0) is 19.2 Å². The van der Waals surface area contributed by atoms with Crippen LogP contribution in [0.4, 0.5) is 0 Å². The molecule has 0 spiro atoms. The van der Waals surface area contributed by atoms with E-state index in [1.54, 1.807) is 4.90 Å². The van der Waals surface area contributed by atoms with E-state index in [9.17, 15) is 19.2 Å². The van der Waals surface area contributed by atoms with Crippen molar-refractivity contribution in [2.24, 2.45) is 5.92 Å². The Bertz CT molecular complexity index is 490. The Morgan fingerprint density at radius 1 is 1.33 bits per heavy atom.